The number of carbonyl (C=O) groups is 2. The summed E-state index contributed by atoms with van der Waals surface area (Å²) in [4.78, 5) is 24.1. The van der Waals surface area contributed by atoms with E-state index in [1.54, 1.807) is 36.4 Å². The van der Waals surface area contributed by atoms with Gasteiger partial charge in [0.15, 0.2) is 17.6 Å². The van der Waals surface area contributed by atoms with Crippen LogP contribution in [0.15, 0.2) is 48.5 Å². The van der Waals surface area contributed by atoms with Crippen molar-refractivity contribution in [3.8, 4) is 17.6 Å². The Labute approximate surface area is 156 Å². The van der Waals surface area contributed by atoms with E-state index in [2.05, 4.69) is 5.32 Å². The molecule has 1 amide bonds. The highest BCUT2D eigenvalue weighted by Gasteiger charge is 2.17. The lowest BCUT2D eigenvalue weighted by atomic mass is 10.2. The number of esters is 1. The van der Waals surface area contributed by atoms with Crippen molar-refractivity contribution < 1.29 is 24.2 Å². The molecule has 2 rings (SSSR count). The van der Waals surface area contributed by atoms with Crippen LogP contribution in [0.5, 0.6) is 11.5 Å². The Balaban J connectivity index is 1.96. The van der Waals surface area contributed by atoms with Crippen molar-refractivity contribution in [2.24, 2.45) is 0 Å². The summed E-state index contributed by atoms with van der Waals surface area (Å²) in [6, 6.07) is 13.1. The summed E-state index contributed by atoms with van der Waals surface area (Å²) < 4.78 is 10.0. The Morgan fingerprint density at radius 1 is 1.26 bits per heavy atom. The summed E-state index contributed by atoms with van der Waals surface area (Å²) in [5.74, 6) is -1.00. The molecular weight excluding hydrogens is 348 g/mol. The molecule has 0 saturated heterocycles. The van der Waals surface area contributed by atoms with E-state index in [-0.39, 0.29) is 11.5 Å². The van der Waals surface area contributed by atoms with E-state index in [1.807, 2.05) is 6.07 Å². The first-order chi connectivity index (χ1) is 12.9. The first kappa shape index (κ1) is 19.5. The molecule has 0 spiro atoms. The Kier molecular flexibility index (Phi) is 6.55. The fourth-order valence-corrected chi connectivity index (χ4v) is 2.15. The monoisotopic (exact) mass is 366 g/mol. The fourth-order valence-electron chi connectivity index (χ4n) is 2.15. The van der Waals surface area contributed by atoms with Crippen molar-refractivity contribution in [2.75, 3.05) is 12.4 Å². The number of methoxy groups -OCH3 is 1. The highest BCUT2D eigenvalue weighted by molar-refractivity contribution is 5.97. The van der Waals surface area contributed by atoms with Crippen molar-refractivity contribution in [3.63, 3.8) is 0 Å². The van der Waals surface area contributed by atoms with Gasteiger partial charge in [-0.25, -0.2) is 4.79 Å². The van der Waals surface area contributed by atoms with E-state index < -0.39 is 18.0 Å². The topological polar surface area (TPSA) is 109 Å². The van der Waals surface area contributed by atoms with Crippen molar-refractivity contribution in [1.82, 2.24) is 0 Å². The Morgan fingerprint density at radius 3 is 2.70 bits per heavy atom. The quantitative estimate of drug-likeness (QED) is 0.601. The number of nitrogens with zero attached hydrogens (tertiary/aromatic N) is 1. The Hall–Kier alpha value is -3.79. The van der Waals surface area contributed by atoms with Crippen LogP contribution in [0.3, 0.4) is 0 Å². The van der Waals surface area contributed by atoms with Crippen LogP contribution < -0.4 is 10.1 Å². The largest absolute Gasteiger partial charge is 0.504 e. The molecule has 2 aromatic carbocycles. The summed E-state index contributed by atoms with van der Waals surface area (Å²) in [6.07, 6.45) is 1.59. The van der Waals surface area contributed by atoms with Gasteiger partial charge in [0.2, 0.25) is 0 Å². The maximum atomic E-state index is 12.1. The van der Waals surface area contributed by atoms with Gasteiger partial charge in [0.05, 0.1) is 18.4 Å². The highest BCUT2D eigenvalue weighted by atomic mass is 16.5. The molecule has 0 unspecified atom stereocenters. The van der Waals surface area contributed by atoms with E-state index in [0.717, 1.165) is 0 Å². The molecule has 138 valence electrons. The third-order valence-electron chi connectivity index (χ3n) is 3.58. The van der Waals surface area contributed by atoms with Gasteiger partial charge in [-0.15, -0.1) is 0 Å². The second-order valence-electron chi connectivity index (χ2n) is 5.49. The van der Waals surface area contributed by atoms with Crippen LogP contribution in [0.25, 0.3) is 6.08 Å². The zero-order valence-corrected chi connectivity index (χ0v) is 14.8. The number of hydrogen-bond donors (Lipinski definition) is 2. The predicted octanol–water partition coefficient (Wildman–Crippen LogP) is 2.86. The first-order valence-corrected chi connectivity index (χ1v) is 8.00. The average Bonchev–Trinajstić information content (AvgIpc) is 2.67. The molecule has 0 fully saturated rings. The summed E-state index contributed by atoms with van der Waals surface area (Å²) in [5.41, 5.74) is 1.27. The zero-order valence-electron chi connectivity index (χ0n) is 14.8. The molecule has 7 heteroatoms. The number of hydrogen-bond acceptors (Lipinski definition) is 6. The molecule has 0 heterocycles. The standard InChI is InChI=1S/C20H18N2O5/c1-13(20(25)22-16-6-4-3-5-15(16)12-21)27-19(24)10-8-14-7-9-17(23)18(11-14)26-2/h3-11,13,23H,1-2H3,(H,22,25)/b10-8+/t13-/m1/s1. The number of phenols is 1. The molecule has 2 aromatic rings. The smallest absolute Gasteiger partial charge is 0.331 e. The lowest BCUT2D eigenvalue weighted by molar-refractivity contribution is -0.148. The van der Waals surface area contributed by atoms with E-state index in [4.69, 9.17) is 14.7 Å². The van der Waals surface area contributed by atoms with Gasteiger partial charge in [-0.3, -0.25) is 4.79 Å². The summed E-state index contributed by atoms with van der Waals surface area (Å²) in [6.45, 7) is 1.43. The van der Waals surface area contributed by atoms with Crippen LogP contribution in [0.1, 0.15) is 18.1 Å². The van der Waals surface area contributed by atoms with E-state index in [9.17, 15) is 14.7 Å². The third kappa shape index (κ3) is 5.34. The number of rotatable bonds is 6. The van der Waals surface area contributed by atoms with Crippen molar-refractivity contribution in [3.05, 3.63) is 59.7 Å². The highest BCUT2D eigenvalue weighted by Crippen LogP contribution is 2.26. The average molecular weight is 366 g/mol. The second-order valence-corrected chi connectivity index (χ2v) is 5.49. The van der Waals surface area contributed by atoms with E-state index in [1.165, 1.54) is 32.3 Å². The molecule has 0 aliphatic rings. The van der Waals surface area contributed by atoms with E-state index in [0.29, 0.717) is 16.8 Å². The Bertz CT molecular complexity index is 915. The van der Waals surface area contributed by atoms with Crippen LogP contribution in [0, 0.1) is 11.3 Å². The first-order valence-electron chi connectivity index (χ1n) is 8.00. The zero-order chi connectivity index (χ0) is 19.8. The third-order valence-corrected chi connectivity index (χ3v) is 3.58. The van der Waals surface area contributed by atoms with Gasteiger partial charge in [0.25, 0.3) is 5.91 Å². The lowest BCUT2D eigenvalue weighted by Gasteiger charge is -2.13. The molecule has 2 N–H and O–H groups in total. The lowest BCUT2D eigenvalue weighted by Crippen LogP contribution is -2.29. The Morgan fingerprint density at radius 2 is 2.00 bits per heavy atom. The predicted molar refractivity (Wildman–Crippen MR) is 99.0 cm³/mol. The number of benzene rings is 2. The maximum Gasteiger partial charge on any atom is 0.331 e. The van der Waals surface area contributed by atoms with E-state index >= 15 is 0 Å². The van der Waals surface area contributed by atoms with Crippen LogP contribution in [0.2, 0.25) is 0 Å². The SMILES string of the molecule is COc1cc(/C=C/C(=O)O[C@H](C)C(=O)Nc2ccccc2C#N)ccc1O. The van der Waals surface area contributed by atoms with Gasteiger partial charge in [0.1, 0.15) is 6.07 Å². The molecule has 0 bridgehead atoms. The van der Waals surface area contributed by atoms with Gasteiger partial charge in [-0.1, -0.05) is 18.2 Å². The number of phenolic OH excluding ortho intramolecular Hbond substituents is 1. The molecule has 0 aromatic heterocycles. The molecule has 0 saturated carbocycles. The van der Waals surface area contributed by atoms with Gasteiger partial charge in [0, 0.05) is 6.08 Å². The van der Waals surface area contributed by atoms with Crippen molar-refractivity contribution >= 4 is 23.6 Å². The van der Waals surface area contributed by atoms with Crippen molar-refractivity contribution in [1.29, 1.82) is 5.26 Å². The number of nitriles is 1. The molecule has 1 atom stereocenters. The minimum Gasteiger partial charge on any atom is -0.504 e. The molecule has 7 nitrogen and oxygen atoms in total. The summed E-state index contributed by atoms with van der Waals surface area (Å²) in [7, 11) is 1.42. The van der Waals surface area contributed by atoms with Crippen LogP contribution in [-0.2, 0) is 14.3 Å². The fraction of sp³-hybridized carbons (Fsp3) is 0.150. The van der Waals surface area contributed by atoms with Gasteiger partial charge in [-0.05, 0) is 42.8 Å². The van der Waals surface area contributed by atoms with Gasteiger partial charge >= 0.3 is 5.97 Å². The number of ether oxygens (including phenoxy) is 2. The second kappa shape index (κ2) is 9.06. The normalized spacial score (nSPS) is 11.4. The minimum atomic E-state index is -1.05. The summed E-state index contributed by atoms with van der Waals surface area (Å²) in [5, 5.41) is 21.1. The number of amides is 1. The molecule has 0 aliphatic heterocycles. The summed E-state index contributed by atoms with van der Waals surface area (Å²) >= 11 is 0. The maximum absolute atomic E-state index is 12.1. The van der Waals surface area contributed by atoms with Crippen LogP contribution in [0.4, 0.5) is 5.69 Å². The van der Waals surface area contributed by atoms with Gasteiger partial charge < -0.3 is 19.9 Å². The van der Waals surface area contributed by atoms with Crippen LogP contribution in [-0.4, -0.2) is 30.2 Å². The van der Waals surface area contributed by atoms with Crippen LogP contribution >= 0.6 is 0 Å². The molecule has 0 aliphatic carbocycles. The van der Waals surface area contributed by atoms with Crippen molar-refractivity contribution in [2.45, 2.75) is 13.0 Å². The molecular formula is C20H18N2O5. The number of para-hydroxylation sites is 1. The number of carbonyl (C=O) groups excluding carboxylic acids is 2. The van der Waals surface area contributed by atoms with Gasteiger partial charge in [-0.2, -0.15) is 5.26 Å². The number of nitrogens with one attached hydrogen (secondary N) is 1. The molecule has 0 radical (unpaired) electrons. The number of anilines is 1. The number of aromatic hydroxyl groups is 1. The minimum absolute atomic E-state index is 0.0137. The molecule has 27 heavy (non-hydrogen) atoms.